The van der Waals surface area contributed by atoms with E-state index in [2.05, 4.69) is 5.43 Å². The van der Waals surface area contributed by atoms with E-state index in [-0.39, 0.29) is 18.1 Å². The highest BCUT2D eigenvalue weighted by atomic mass is 35.5. The molecule has 1 aliphatic heterocycles. The maximum Gasteiger partial charge on any atom is 0.416 e. The monoisotopic (exact) mass is 528 g/mol. The molecule has 178 valence electrons. The van der Waals surface area contributed by atoms with Crippen LogP contribution in [0.3, 0.4) is 0 Å². The molecule has 3 N–H and O–H groups in total. The first-order valence-electron chi connectivity index (χ1n) is 9.68. The van der Waals surface area contributed by atoms with Gasteiger partial charge in [-0.3, -0.25) is 10.2 Å². The van der Waals surface area contributed by atoms with Crippen LogP contribution < -0.4 is 21.1 Å². The second-order valence-electron chi connectivity index (χ2n) is 7.18. The van der Waals surface area contributed by atoms with Crippen molar-refractivity contribution in [1.82, 2.24) is 5.43 Å². The Hall–Kier alpha value is -2.91. The molecular formula is C23H18Cl3F3N4O. The van der Waals surface area contributed by atoms with Crippen molar-refractivity contribution in [2.75, 3.05) is 9.80 Å². The minimum absolute atomic E-state index is 0. The van der Waals surface area contributed by atoms with Crippen LogP contribution in [0.15, 0.2) is 84.7 Å². The number of carbonyl (C=O) groups excluding carboxylic acids is 1. The molecule has 11 heteroatoms. The van der Waals surface area contributed by atoms with E-state index >= 15 is 0 Å². The molecule has 0 saturated heterocycles. The SMILES string of the molecule is Cl.NNC(=O)C1=CN(c2ccc(Cl)cc2)C(c2ccccc2Cl)N1c1ccc(C(F)(F)F)cc1. The first-order valence-corrected chi connectivity index (χ1v) is 10.4. The topological polar surface area (TPSA) is 61.6 Å². The molecule has 1 unspecified atom stereocenters. The molecule has 1 amide bonds. The van der Waals surface area contributed by atoms with E-state index in [0.29, 0.717) is 27.0 Å². The summed E-state index contributed by atoms with van der Waals surface area (Å²) in [7, 11) is 0. The maximum absolute atomic E-state index is 13.1. The Morgan fingerprint density at radius 2 is 1.50 bits per heavy atom. The smallest absolute Gasteiger partial charge is 0.320 e. The Morgan fingerprint density at radius 3 is 2.06 bits per heavy atom. The van der Waals surface area contributed by atoms with Crippen LogP contribution in [-0.4, -0.2) is 5.91 Å². The van der Waals surface area contributed by atoms with Crippen LogP contribution in [0.4, 0.5) is 24.5 Å². The Morgan fingerprint density at radius 1 is 0.912 bits per heavy atom. The predicted octanol–water partition coefficient (Wildman–Crippen LogP) is 6.29. The van der Waals surface area contributed by atoms with Gasteiger partial charge >= 0.3 is 6.18 Å². The van der Waals surface area contributed by atoms with E-state index in [1.807, 2.05) is 0 Å². The number of hydrogen-bond acceptors (Lipinski definition) is 4. The van der Waals surface area contributed by atoms with Gasteiger partial charge in [0, 0.05) is 33.2 Å². The van der Waals surface area contributed by atoms with Gasteiger partial charge in [-0.05, 0) is 54.6 Å². The van der Waals surface area contributed by atoms with Crippen LogP contribution in [0.25, 0.3) is 0 Å². The standard InChI is InChI=1S/C23H17Cl2F3N4O.ClH/c24-15-7-11-16(12-8-15)31-13-20(21(33)30-29)32(22(31)18-3-1-2-4-19(18)25)17-9-5-14(6-10-17)23(26,27)28;/h1-13,22H,29H2,(H,30,33);1H. The predicted molar refractivity (Wildman–Crippen MR) is 130 cm³/mol. The van der Waals surface area contributed by atoms with Gasteiger partial charge in [-0.15, -0.1) is 12.4 Å². The van der Waals surface area contributed by atoms with E-state index in [1.165, 1.54) is 12.1 Å². The maximum atomic E-state index is 13.1. The molecule has 0 bridgehead atoms. The number of carbonyl (C=O) groups is 1. The number of amides is 1. The largest absolute Gasteiger partial charge is 0.416 e. The molecule has 0 saturated carbocycles. The number of nitrogens with two attached hydrogens (primary N) is 1. The van der Waals surface area contributed by atoms with Crippen LogP contribution in [0, 0.1) is 0 Å². The van der Waals surface area contributed by atoms with Crippen molar-refractivity contribution in [3.05, 3.63) is 106 Å². The van der Waals surface area contributed by atoms with Crippen molar-refractivity contribution >= 4 is 52.9 Å². The third-order valence-electron chi connectivity index (χ3n) is 5.17. The second kappa shape index (κ2) is 10.1. The van der Waals surface area contributed by atoms with Gasteiger partial charge in [-0.1, -0.05) is 41.4 Å². The lowest BCUT2D eigenvalue weighted by atomic mass is 10.1. The highest BCUT2D eigenvalue weighted by molar-refractivity contribution is 6.31. The van der Waals surface area contributed by atoms with Gasteiger partial charge < -0.3 is 9.80 Å². The molecule has 34 heavy (non-hydrogen) atoms. The van der Waals surface area contributed by atoms with Crippen molar-refractivity contribution in [1.29, 1.82) is 0 Å². The van der Waals surface area contributed by atoms with E-state index < -0.39 is 23.8 Å². The van der Waals surface area contributed by atoms with Crippen LogP contribution >= 0.6 is 35.6 Å². The summed E-state index contributed by atoms with van der Waals surface area (Å²) in [6.07, 6.45) is -3.62. The third kappa shape index (κ3) is 4.95. The summed E-state index contributed by atoms with van der Waals surface area (Å²) < 4.78 is 39.4. The molecular weight excluding hydrogens is 512 g/mol. The lowest BCUT2D eigenvalue weighted by Gasteiger charge is -2.35. The van der Waals surface area contributed by atoms with E-state index in [4.69, 9.17) is 29.0 Å². The number of hydrogen-bond donors (Lipinski definition) is 2. The number of anilines is 2. The summed E-state index contributed by atoms with van der Waals surface area (Å²) in [4.78, 5) is 16.1. The van der Waals surface area contributed by atoms with Gasteiger partial charge in [0.25, 0.3) is 5.91 Å². The average molecular weight is 530 g/mol. The van der Waals surface area contributed by atoms with Gasteiger partial charge in [-0.25, -0.2) is 5.84 Å². The highest BCUT2D eigenvalue weighted by Gasteiger charge is 2.39. The first kappa shape index (κ1) is 25.7. The molecule has 1 aliphatic rings. The Bertz CT molecular complexity index is 1200. The fraction of sp³-hybridized carbons (Fsp3) is 0.0870. The number of halogens is 6. The van der Waals surface area contributed by atoms with Crippen molar-refractivity contribution in [2.24, 2.45) is 5.84 Å². The Labute approximate surface area is 209 Å². The minimum Gasteiger partial charge on any atom is -0.320 e. The van der Waals surface area contributed by atoms with E-state index in [0.717, 1.165) is 12.1 Å². The average Bonchev–Trinajstić information content (AvgIpc) is 3.19. The van der Waals surface area contributed by atoms with Crippen LogP contribution in [0.1, 0.15) is 17.3 Å². The van der Waals surface area contributed by atoms with Crippen molar-refractivity contribution in [3.63, 3.8) is 0 Å². The zero-order valence-electron chi connectivity index (χ0n) is 17.3. The van der Waals surface area contributed by atoms with Crippen molar-refractivity contribution < 1.29 is 18.0 Å². The number of hydrazine groups is 1. The van der Waals surface area contributed by atoms with Crippen LogP contribution in [0.2, 0.25) is 10.0 Å². The molecule has 0 aromatic heterocycles. The molecule has 5 nitrogen and oxygen atoms in total. The molecule has 0 spiro atoms. The van der Waals surface area contributed by atoms with E-state index in [1.54, 1.807) is 64.5 Å². The van der Waals surface area contributed by atoms with Crippen molar-refractivity contribution in [2.45, 2.75) is 12.3 Å². The first-order chi connectivity index (χ1) is 15.7. The van der Waals surface area contributed by atoms with Crippen LogP contribution in [-0.2, 0) is 11.0 Å². The third-order valence-corrected chi connectivity index (χ3v) is 5.77. The van der Waals surface area contributed by atoms with Gasteiger partial charge in [0.2, 0.25) is 0 Å². The molecule has 0 radical (unpaired) electrons. The summed E-state index contributed by atoms with van der Waals surface area (Å²) in [5.74, 6) is 4.79. The number of alkyl halides is 3. The molecule has 3 aromatic carbocycles. The summed E-state index contributed by atoms with van der Waals surface area (Å²) >= 11 is 12.5. The normalized spacial score (nSPS) is 15.6. The van der Waals surface area contributed by atoms with Gasteiger partial charge in [-0.2, -0.15) is 13.2 Å². The lowest BCUT2D eigenvalue weighted by molar-refractivity contribution is -0.137. The van der Waals surface area contributed by atoms with Crippen molar-refractivity contribution in [3.8, 4) is 0 Å². The molecule has 0 aliphatic carbocycles. The molecule has 4 rings (SSSR count). The zero-order chi connectivity index (χ0) is 23.8. The highest BCUT2D eigenvalue weighted by Crippen LogP contribution is 2.44. The fourth-order valence-corrected chi connectivity index (χ4v) is 4.02. The Balaban J connectivity index is 0.00000324. The number of nitrogens with one attached hydrogen (secondary N) is 1. The summed E-state index contributed by atoms with van der Waals surface area (Å²) in [6.45, 7) is 0. The summed E-state index contributed by atoms with van der Waals surface area (Å²) in [5.41, 5.74) is 3.08. The lowest BCUT2D eigenvalue weighted by Crippen LogP contribution is -2.39. The summed E-state index contributed by atoms with van der Waals surface area (Å²) in [6, 6.07) is 18.5. The van der Waals surface area contributed by atoms with Crippen LogP contribution in [0.5, 0.6) is 0 Å². The molecule has 1 heterocycles. The fourth-order valence-electron chi connectivity index (χ4n) is 3.66. The van der Waals surface area contributed by atoms with Gasteiger partial charge in [0.05, 0.1) is 5.56 Å². The number of nitrogens with zero attached hydrogens (tertiary/aromatic N) is 2. The number of rotatable bonds is 4. The number of benzene rings is 3. The Kier molecular flexibility index (Phi) is 7.67. The van der Waals surface area contributed by atoms with Gasteiger partial charge in [0.15, 0.2) is 0 Å². The second-order valence-corrected chi connectivity index (χ2v) is 8.02. The van der Waals surface area contributed by atoms with Gasteiger partial charge in [0.1, 0.15) is 11.9 Å². The molecule has 0 fully saturated rings. The summed E-state index contributed by atoms with van der Waals surface area (Å²) in [5, 5.41) is 0.942. The molecule has 1 atom stereocenters. The zero-order valence-corrected chi connectivity index (χ0v) is 19.6. The van der Waals surface area contributed by atoms with E-state index in [9.17, 15) is 18.0 Å². The quantitative estimate of drug-likeness (QED) is 0.237. The minimum atomic E-state index is -4.49. The molecule has 3 aromatic rings.